The van der Waals surface area contributed by atoms with Crippen LogP contribution in [-0.2, 0) is 20.0 Å². The van der Waals surface area contributed by atoms with Crippen molar-refractivity contribution in [3.8, 4) is 0 Å². The molecule has 0 atom stereocenters. The Labute approximate surface area is 121 Å². The van der Waals surface area contributed by atoms with Gasteiger partial charge in [0.2, 0.25) is 0 Å². The second-order valence-electron chi connectivity index (χ2n) is 4.44. The summed E-state index contributed by atoms with van der Waals surface area (Å²) in [7, 11) is 1.88. The number of halogens is 1. The third-order valence-corrected chi connectivity index (χ3v) is 3.25. The summed E-state index contributed by atoms with van der Waals surface area (Å²) in [4.78, 5) is 11.9. The molecular formula is C12H17ClN6O. The van der Waals surface area contributed by atoms with Crippen LogP contribution in [0.5, 0.6) is 0 Å². The van der Waals surface area contributed by atoms with Crippen molar-refractivity contribution < 1.29 is 0 Å². The summed E-state index contributed by atoms with van der Waals surface area (Å²) in [5.41, 5.74) is 0.281. The highest BCUT2D eigenvalue weighted by Gasteiger charge is 2.09. The Morgan fingerprint density at radius 1 is 1.45 bits per heavy atom. The molecular weight excluding hydrogens is 280 g/mol. The Morgan fingerprint density at radius 2 is 2.25 bits per heavy atom. The highest BCUT2D eigenvalue weighted by Crippen LogP contribution is 2.15. The third kappa shape index (κ3) is 3.16. The minimum atomic E-state index is -0.267. The van der Waals surface area contributed by atoms with Crippen molar-refractivity contribution in [2.75, 3.05) is 11.9 Å². The molecule has 2 aromatic rings. The Balaban J connectivity index is 2.02. The summed E-state index contributed by atoms with van der Waals surface area (Å²) in [6.45, 7) is 3.15. The van der Waals surface area contributed by atoms with Gasteiger partial charge in [0.1, 0.15) is 17.2 Å². The molecule has 0 aromatic carbocycles. The van der Waals surface area contributed by atoms with Crippen LogP contribution in [0.4, 0.5) is 5.69 Å². The predicted octanol–water partition coefficient (Wildman–Crippen LogP) is 1.09. The largest absolute Gasteiger partial charge is 0.382 e. The molecule has 2 aromatic heterocycles. The van der Waals surface area contributed by atoms with Gasteiger partial charge in [0, 0.05) is 26.6 Å². The number of hydrogen-bond acceptors (Lipinski definition) is 5. The van der Waals surface area contributed by atoms with Gasteiger partial charge >= 0.3 is 0 Å². The average molecular weight is 297 g/mol. The van der Waals surface area contributed by atoms with E-state index in [0.29, 0.717) is 25.2 Å². The molecule has 1 N–H and O–H groups in total. The van der Waals surface area contributed by atoms with E-state index in [0.717, 1.165) is 12.2 Å². The number of hydrogen-bond donors (Lipinski definition) is 1. The van der Waals surface area contributed by atoms with Gasteiger partial charge in [0.05, 0.1) is 11.9 Å². The zero-order valence-electron chi connectivity index (χ0n) is 11.5. The maximum atomic E-state index is 11.9. The van der Waals surface area contributed by atoms with Crippen molar-refractivity contribution in [2.24, 2.45) is 7.05 Å². The number of nitrogens with one attached hydrogen (secondary N) is 1. The van der Waals surface area contributed by atoms with Crippen molar-refractivity contribution in [1.29, 1.82) is 0 Å². The quantitative estimate of drug-likeness (QED) is 0.863. The van der Waals surface area contributed by atoms with Gasteiger partial charge in [0.15, 0.2) is 0 Å². The molecule has 0 amide bonds. The van der Waals surface area contributed by atoms with E-state index in [-0.39, 0.29) is 10.6 Å². The SMILES string of the molecule is CCCn1ncc(NCCc2nncn2C)c(Cl)c1=O. The summed E-state index contributed by atoms with van der Waals surface area (Å²) >= 11 is 6.06. The van der Waals surface area contributed by atoms with Gasteiger partial charge in [0.25, 0.3) is 5.56 Å². The van der Waals surface area contributed by atoms with E-state index < -0.39 is 0 Å². The molecule has 0 aliphatic rings. The van der Waals surface area contributed by atoms with Gasteiger partial charge < -0.3 is 9.88 Å². The smallest absolute Gasteiger partial charge is 0.287 e. The van der Waals surface area contributed by atoms with Crippen LogP contribution in [0.25, 0.3) is 0 Å². The molecule has 0 aliphatic carbocycles. The molecule has 0 fully saturated rings. The number of anilines is 1. The molecule has 0 saturated heterocycles. The van der Waals surface area contributed by atoms with Crippen molar-refractivity contribution in [3.05, 3.63) is 33.7 Å². The van der Waals surface area contributed by atoms with Crippen LogP contribution in [0.1, 0.15) is 19.2 Å². The third-order valence-electron chi connectivity index (χ3n) is 2.89. The molecule has 0 unspecified atom stereocenters. The van der Waals surface area contributed by atoms with Crippen LogP contribution in [0.2, 0.25) is 5.02 Å². The first-order valence-electron chi connectivity index (χ1n) is 6.45. The van der Waals surface area contributed by atoms with Gasteiger partial charge in [-0.05, 0) is 6.42 Å². The van der Waals surface area contributed by atoms with Gasteiger partial charge in [-0.3, -0.25) is 4.79 Å². The Kier molecular flexibility index (Phi) is 4.73. The molecule has 0 radical (unpaired) electrons. The van der Waals surface area contributed by atoms with Crippen LogP contribution in [0.15, 0.2) is 17.3 Å². The average Bonchev–Trinajstić information content (AvgIpc) is 2.84. The predicted molar refractivity (Wildman–Crippen MR) is 77.0 cm³/mol. The van der Waals surface area contributed by atoms with Crippen molar-refractivity contribution in [1.82, 2.24) is 24.5 Å². The topological polar surface area (TPSA) is 77.6 Å². The number of nitrogens with zero attached hydrogens (tertiary/aromatic N) is 5. The molecule has 2 rings (SSSR count). The fourth-order valence-electron chi connectivity index (χ4n) is 1.80. The fraction of sp³-hybridized carbons (Fsp3) is 0.500. The molecule has 108 valence electrons. The standard InChI is InChI=1S/C12H17ClN6O/c1-3-6-19-12(20)11(13)9(7-16-19)14-5-4-10-17-15-8-18(10)2/h7-8,14H,3-6H2,1-2H3. The van der Waals surface area contributed by atoms with Gasteiger partial charge in [-0.15, -0.1) is 10.2 Å². The Bertz CT molecular complexity index is 635. The van der Waals surface area contributed by atoms with Crippen LogP contribution >= 0.6 is 11.6 Å². The summed E-state index contributed by atoms with van der Waals surface area (Å²) in [6.07, 6.45) is 4.75. The monoisotopic (exact) mass is 296 g/mol. The second-order valence-corrected chi connectivity index (χ2v) is 4.81. The lowest BCUT2D eigenvalue weighted by Gasteiger charge is -2.09. The van der Waals surface area contributed by atoms with Gasteiger partial charge in [-0.25, -0.2) is 4.68 Å². The first-order valence-corrected chi connectivity index (χ1v) is 6.83. The maximum Gasteiger partial charge on any atom is 0.287 e. The number of aromatic nitrogens is 5. The lowest BCUT2D eigenvalue weighted by Crippen LogP contribution is -2.24. The van der Waals surface area contributed by atoms with Crippen LogP contribution in [0, 0.1) is 0 Å². The second kappa shape index (κ2) is 6.51. The normalized spacial score (nSPS) is 10.8. The van der Waals surface area contributed by atoms with Gasteiger partial charge in [-0.1, -0.05) is 18.5 Å². The van der Waals surface area contributed by atoms with Crippen LogP contribution in [-0.4, -0.2) is 31.1 Å². The van der Waals surface area contributed by atoms with E-state index in [9.17, 15) is 4.79 Å². The Hall–Kier alpha value is -1.89. The van der Waals surface area contributed by atoms with E-state index in [1.165, 1.54) is 4.68 Å². The minimum Gasteiger partial charge on any atom is -0.382 e. The molecule has 20 heavy (non-hydrogen) atoms. The fourth-order valence-corrected chi connectivity index (χ4v) is 2.01. The molecule has 0 bridgehead atoms. The van der Waals surface area contributed by atoms with E-state index in [1.807, 2.05) is 18.5 Å². The molecule has 0 spiro atoms. The minimum absolute atomic E-state index is 0.173. The van der Waals surface area contributed by atoms with Crippen LogP contribution < -0.4 is 10.9 Å². The summed E-state index contributed by atoms with van der Waals surface area (Å²) in [5.74, 6) is 0.862. The number of aryl methyl sites for hydroxylation is 2. The van der Waals surface area contributed by atoms with Crippen molar-refractivity contribution in [3.63, 3.8) is 0 Å². The first kappa shape index (κ1) is 14.5. The lowest BCUT2D eigenvalue weighted by atomic mass is 10.3. The molecule has 0 saturated carbocycles. The van der Waals surface area contributed by atoms with Crippen molar-refractivity contribution >= 4 is 17.3 Å². The summed E-state index contributed by atoms with van der Waals surface area (Å²) in [6, 6.07) is 0. The van der Waals surface area contributed by atoms with Crippen LogP contribution in [0.3, 0.4) is 0 Å². The highest BCUT2D eigenvalue weighted by molar-refractivity contribution is 6.32. The van der Waals surface area contributed by atoms with E-state index in [2.05, 4.69) is 20.6 Å². The molecule has 8 heteroatoms. The highest BCUT2D eigenvalue weighted by atomic mass is 35.5. The zero-order chi connectivity index (χ0) is 14.5. The van der Waals surface area contributed by atoms with Gasteiger partial charge in [-0.2, -0.15) is 5.10 Å². The van der Waals surface area contributed by atoms with E-state index in [4.69, 9.17) is 11.6 Å². The molecule has 0 aliphatic heterocycles. The maximum absolute atomic E-state index is 11.9. The summed E-state index contributed by atoms with van der Waals surface area (Å²) < 4.78 is 3.22. The number of rotatable bonds is 6. The first-order chi connectivity index (χ1) is 9.63. The van der Waals surface area contributed by atoms with E-state index in [1.54, 1.807) is 12.5 Å². The van der Waals surface area contributed by atoms with E-state index >= 15 is 0 Å². The molecule has 2 heterocycles. The molecule has 7 nitrogen and oxygen atoms in total. The van der Waals surface area contributed by atoms with Crippen molar-refractivity contribution in [2.45, 2.75) is 26.3 Å². The summed E-state index contributed by atoms with van der Waals surface area (Å²) in [5, 5.41) is 15.1. The lowest BCUT2D eigenvalue weighted by molar-refractivity contribution is 0.568. The zero-order valence-corrected chi connectivity index (χ0v) is 12.3. The Morgan fingerprint density at radius 3 is 2.90 bits per heavy atom.